The van der Waals surface area contributed by atoms with Crippen LogP contribution in [0.1, 0.15) is 5.56 Å². The maximum absolute atomic E-state index is 12.4. The van der Waals surface area contributed by atoms with Gasteiger partial charge in [-0.05, 0) is 54.1 Å². The van der Waals surface area contributed by atoms with E-state index in [2.05, 4.69) is 11.0 Å². The number of rotatable bonds is 6. The predicted molar refractivity (Wildman–Crippen MR) is 124 cm³/mol. The van der Waals surface area contributed by atoms with Crippen LogP contribution in [-0.2, 0) is 6.54 Å². The van der Waals surface area contributed by atoms with Gasteiger partial charge in [-0.3, -0.25) is 4.90 Å². The number of carbonyl (C=O) groups excluding carboxylic acids is 1. The molecular weight excluding hydrogens is 428 g/mol. The van der Waals surface area contributed by atoms with Crippen LogP contribution in [0.2, 0.25) is 5.02 Å². The molecule has 0 aliphatic carbocycles. The molecule has 3 aromatic carbocycles. The summed E-state index contributed by atoms with van der Waals surface area (Å²) in [6.07, 6.45) is -0.334. The smallest absolute Gasteiger partial charge is 0.415 e. The highest BCUT2D eigenvalue weighted by atomic mass is 35.5. The summed E-state index contributed by atoms with van der Waals surface area (Å²) in [6.45, 7) is 3.55. The van der Waals surface area contributed by atoms with Crippen LogP contribution in [0.15, 0.2) is 72.8 Å². The van der Waals surface area contributed by atoms with Crippen molar-refractivity contribution >= 4 is 17.7 Å². The molecule has 1 heterocycles. The Bertz CT molecular complexity index is 1050. The summed E-state index contributed by atoms with van der Waals surface area (Å²) in [4.78, 5) is 16.5. The van der Waals surface area contributed by atoms with Crippen LogP contribution < -0.4 is 14.2 Å². The molecule has 6 nitrogen and oxygen atoms in total. The maximum atomic E-state index is 12.4. The van der Waals surface area contributed by atoms with E-state index in [1.165, 1.54) is 0 Å². The minimum absolute atomic E-state index is 0.334. The Morgan fingerprint density at radius 1 is 0.875 bits per heavy atom. The van der Waals surface area contributed by atoms with E-state index in [0.29, 0.717) is 35.4 Å². The molecule has 0 spiro atoms. The van der Waals surface area contributed by atoms with Gasteiger partial charge < -0.3 is 19.1 Å². The van der Waals surface area contributed by atoms with Crippen molar-refractivity contribution < 1.29 is 19.0 Å². The van der Waals surface area contributed by atoms with Gasteiger partial charge in [0.1, 0.15) is 11.5 Å². The molecule has 0 bridgehead atoms. The minimum atomic E-state index is -0.334. The van der Waals surface area contributed by atoms with E-state index in [1.807, 2.05) is 42.5 Å². The first kappa shape index (κ1) is 22.0. The van der Waals surface area contributed by atoms with Gasteiger partial charge in [-0.25, -0.2) is 4.79 Å². The highest BCUT2D eigenvalue weighted by Crippen LogP contribution is 2.31. The van der Waals surface area contributed by atoms with Crippen LogP contribution in [0.3, 0.4) is 0 Å². The van der Waals surface area contributed by atoms with Gasteiger partial charge in [0.15, 0.2) is 11.5 Å². The Kier molecular flexibility index (Phi) is 7.14. The molecular formula is C25H25ClN2O4. The van der Waals surface area contributed by atoms with Crippen molar-refractivity contribution in [3.8, 4) is 23.0 Å². The average molecular weight is 453 g/mol. The minimum Gasteiger partial charge on any atom is -0.493 e. The Labute approximate surface area is 192 Å². The molecule has 3 aromatic rings. The molecule has 0 N–H and O–H groups in total. The SMILES string of the molecule is COc1ccccc1Oc1cccc(CN2CCN(C(=O)Oc3ccc(Cl)cc3)CC2)c1. The van der Waals surface area contributed by atoms with Crippen LogP contribution in [-0.4, -0.2) is 49.2 Å². The molecule has 1 aliphatic heterocycles. The lowest BCUT2D eigenvalue weighted by Gasteiger charge is -2.34. The highest BCUT2D eigenvalue weighted by molar-refractivity contribution is 6.30. The van der Waals surface area contributed by atoms with Gasteiger partial charge in [0.05, 0.1) is 7.11 Å². The van der Waals surface area contributed by atoms with Gasteiger partial charge in [-0.15, -0.1) is 0 Å². The van der Waals surface area contributed by atoms with Crippen molar-refractivity contribution in [2.75, 3.05) is 33.3 Å². The van der Waals surface area contributed by atoms with E-state index in [0.717, 1.165) is 30.9 Å². The van der Waals surface area contributed by atoms with E-state index < -0.39 is 0 Å². The van der Waals surface area contributed by atoms with Crippen LogP contribution in [0.25, 0.3) is 0 Å². The number of hydrogen-bond donors (Lipinski definition) is 0. The van der Waals surface area contributed by atoms with Gasteiger partial charge in [0.25, 0.3) is 0 Å². The molecule has 1 aliphatic rings. The molecule has 1 saturated heterocycles. The quantitative estimate of drug-likeness (QED) is 0.497. The van der Waals surface area contributed by atoms with E-state index in [9.17, 15) is 4.79 Å². The number of carbonyl (C=O) groups is 1. The van der Waals surface area contributed by atoms with Crippen LogP contribution in [0.4, 0.5) is 4.79 Å². The van der Waals surface area contributed by atoms with E-state index >= 15 is 0 Å². The third-order valence-corrected chi connectivity index (χ3v) is 5.50. The Balaban J connectivity index is 1.30. The predicted octanol–water partition coefficient (Wildman–Crippen LogP) is 5.46. The molecule has 0 atom stereocenters. The van der Waals surface area contributed by atoms with Crippen molar-refractivity contribution in [1.29, 1.82) is 0 Å². The molecule has 166 valence electrons. The molecule has 1 fully saturated rings. The van der Waals surface area contributed by atoms with Gasteiger partial charge in [0, 0.05) is 37.7 Å². The number of amides is 1. The largest absolute Gasteiger partial charge is 0.493 e. The first-order valence-corrected chi connectivity index (χ1v) is 10.8. The summed E-state index contributed by atoms with van der Waals surface area (Å²) in [5, 5.41) is 0.607. The topological polar surface area (TPSA) is 51.2 Å². The lowest BCUT2D eigenvalue weighted by molar-refractivity contribution is 0.108. The van der Waals surface area contributed by atoms with Gasteiger partial charge >= 0.3 is 6.09 Å². The van der Waals surface area contributed by atoms with E-state index in [1.54, 1.807) is 36.3 Å². The second-order valence-corrected chi connectivity index (χ2v) is 7.92. The average Bonchev–Trinajstić information content (AvgIpc) is 2.81. The number of ether oxygens (including phenoxy) is 3. The zero-order chi connectivity index (χ0) is 22.3. The fraction of sp³-hybridized carbons (Fsp3) is 0.240. The van der Waals surface area contributed by atoms with Crippen LogP contribution in [0, 0.1) is 0 Å². The highest BCUT2D eigenvalue weighted by Gasteiger charge is 2.22. The van der Waals surface area contributed by atoms with Crippen molar-refractivity contribution in [3.05, 3.63) is 83.4 Å². The summed E-state index contributed by atoms with van der Waals surface area (Å²) >= 11 is 5.87. The lowest BCUT2D eigenvalue weighted by atomic mass is 10.2. The zero-order valence-corrected chi connectivity index (χ0v) is 18.6. The third-order valence-electron chi connectivity index (χ3n) is 5.25. The second-order valence-electron chi connectivity index (χ2n) is 7.49. The number of nitrogens with zero attached hydrogens (tertiary/aromatic N) is 2. The van der Waals surface area contributed by atoms with Gasteiger partial charge in [-0.2, -0.15) is 0 Å². The molecule has 1 amide bonds. The summed E-state index contributed by atoms with van der Waals surface area (Å²) in [6, 6.07) is 22.4. The molecule has 0 radical (unpaired) electrons. The fourth-order valence-electron chi connectivity index (χ4n) is 3.55. The molecule has 0 unspecified atom stereocenters. The van der Waals surface area contributed by atoms with Crippen molar-refractivity contribution in [3.63, 3.8) is 0 Å². The monoisotopic (exact) mass is 452 g/mol. The first-order valence-electron chi connectivity index (χ1n) is 10.5. The number of methoxy groups -OCH3 is 1. The van der Waals surface area contributed by atoms with E-state index in [-0.39, 0.29) is 6.09 Å². The van der Waals surface area contributed by atoms with Gasteiger partial charge in [0.2, 0.25) is 0 Å². The summed E-state index contributed by atoms with van der Waals surface area (Å²) < 4.78 is 16.8. The second kappa shape index (κ2) is 10.4. The molecule has 0 saturated carbocycles. The third kappa shape index (κ3) is 5.72. The standard InChI is InChI=1S/C25H25ClN2O4/c1-30-23-7-2-3-8-24(23)31-22-6-4-5-19(17-22)18-27-13-15-28(16-14-27)25(29)32-21-11-9-20(26)10-12-21/h2-12,17H,13-16,18H2,1H3. The molecule has 0 aromatic heterocycles. The van der Waals surface area contributed by atoms with E-state index in [4.69, 9.17) is 25.8 Å². The summed E-state index contributed by atoms with van der Waals surface area (Å²) in [5.41, 5.74) is 1.15. The molecule has 4 rings (SSSR count). The number of halogens is 1. The molecule has 7 heteroatoms. The van der Waals surface area contributed by atoms with Crippen molar-refractivity contribution in [2.24, 2.45) is 0 Å². The normalized spacial score (nSPS) is 14.1. The van der Waals surface area contributed by atoms with Crippen LogP contribution in [0.5, 0.6) is 23.0 Å². The lowest BCUT2D eigenvalue weighted by Crippen LogP contribution is -2.49. The first-order chi connectivity index (χ1) is 15.6. The Morgan fingerprint density at radius 3 is 2.31 bits per heavy atom. The van der Waals surface area contributed by atoms with Crippen molar-refractivity contribution in [2.45, 2.75) is 6.54 Å². The number of piperazine rings is 1. The molecule has 32 heavy (non-hydrogen) atoms. The number of para-hydroxylation sites is 2. The zero-order valence-electron chi connectivity index (χ0n) is 17.9. The van der Waals surface area contributed by atoms with Crippen molar-refractivity contribution in [1.82, 2.24) is 9.80 Å². The summed E-state index contributed by atoms with van der Waals surface area (Å²) in [7, 11) is 1.63. The Morgan fingerprint density at radius 2 is 1.59 bits per heavy atom. The number of benzene rings is 3. The van der Waals surface area contributed by atoms with Crippen LogP contribution >= 0.6 is 11.6 Å². The summed E-state index contributed by atoms with van der Waals surface area (Å²) in [5.74, 6) is 2.63. The fourth-order valence-corrected chi connectivity index (χ4v) is 3.68. The number of hydrogen-bond acceptors (Lipinski definition) is 5. The van der Waals surface area contributed by atoms with Gasteiger partial charge in [-0.1, -0.05) is 35.9 Å². The Hall–Kier alpha value is -3.22. The maximum Gasteiger partial charge on any atom is 0.415 e.